The lowest BCUT2D eigenvalue weighted by Crippen LogP contribution is -2.39. The zero-order valence-electron chi connectivity index (χ0n) is 15.9. The number of aliphatic imine (C=N–C) groups is 1. The van der Waals surface area contributed by atoms with Gasteiger partial charge in [0.2, 0.25) is 0 Å². The second-order valence-electron chi connectivity index (χ2n) is 6.20. The van der Waals surface area contributed by atoms with Crippen LogP contribution in [0.15, 0.2) is 38.8 Å². The molecule has 2 aromatic heterocycles. The van der Waals surface area contributed by atoms with Crippen LogP contribution in [-0.2, 0) is 23.0 Å². The van der Waals surface area contributed by atoms with Crippen molar-refractivity contribution in [1.29, 1.82) is 0 Å². The second-order valence-corrected chi connectivity index (χ2v) is 10.8. The van der Waals surface area contributed by atoms with Crippen molar-refractivity contribution in [2.75, 3.05) is 27.7 Å². The van der Waals surface area contributed by atoms with Gasteiger partial charge in [-0.2, -0.15) is 0 Å². The third kappa shape index (κ3) is 7.33. The number of hydrogen-bond acceptors (Lipinski definition) is 5. The Bertz CT molecular complexity index is 817. The van der Waals surface area contributed by atoms with Gasteiger partial charge in [0.15, 0.2) is 5.96 Å². The summed E-state index contributed by atoms with van der Waals surface area (Å²) < 4.78 is 25.8. The summed E-state index contributed by atoms with van der Waals surface area (Å²) in [4.78, 5) is 6.56. The first-order valence-corrected chi connectivity index (χ1v) is 11.4. The maximum atomic E-state index is 12.1. The minimum Gasteiger partial charge on any atom is -0.356 e. The van der Waals surface area contributed by atoms with Crippen molar-refractivity contribution >= 4 is 62.6 Å². The molecule has 0 fully saturated rings. The molecule has 152 valence electrons. The Morgan fingerprint density at radius 2 is 1.96 bits per heavy atom. The van der Waals surface area contributed by atoms with Gasteiger partial charge < -0.3 is 10.6 Å². The predicted molar refractivity (Wildman–Crippen MR) is 126 cm³/mol. The van der Waals surface area contributed by atoms with Crippen molar-refractivity contribution in [3.8, 4) is 0 Å². The molecule has 0 bridgehead atoms. The maximum Gasteiger partial charge on any atom is 0.252 e. The van der Waals surface area contributed by atoms with E-state index in [0.717, 1.165) is 17.8 Å². The number of nitrogens with one attached hydrogen (secondary N) is 2. The van der Waals surface area contributed by atoms with Crippen LogP contribution >= 0.6 is 46.7 Å². The summed E-state index contributed by atoms with van der Waals surface area (Å²) in [7, 11) is 1.44. The standard InChI is InChI=1S/C17H26N4O2S3.HI/c1-13(10-14-6-5-9-24-14)11-19-17(18-2)20-12-15-7-8-16(25-15)26(22,23)21(3)4;/h5-9,13H,10-12H2,1-4H3,(H2,18,19,20);1H. The molecule has 0 amide bonds. The van der Waals surface area contributed by atoms with Gasteiger partial charge in [0.05, 0.1) is 6.54 Å². The number of hydrogen-bond donors (Lipinski definition) is 2. The Hall–Kier alpha value is -0.690. The van der Waals surface area contributed by atoms with Crippen LogP contribution in [0.5, 0.6) is 0 Å². The Labute approximate surface area is 187 Å². The summed E-state index contributed by atoms with van der Waals surface area (Å²) >= 11 is 3.05. The zero-order valence-corrected chi connectivity index (χ0v) is 20.7. The third-order valence-corrected chi connectivity index (χ3v) is 8.04. The molecule has 0 radical (unpaired) electrons. The van der Waals surface area contributed by atoms with Gasteiger partial charge in [0, 0.05) is 37.4 Å². The summed E-state index contributed by atoms with van der Waals surface area (Å²) in [6.45, 7) is 3.56. The lowest BCUT2D eigenvalue weighted by Gasteiger charge is -2.15. The van der Waals surface area contributed by atoms with E-state index < -0.39 is 10.0 Å². The molecule has 2 aromatic rings. The number of halogens is 1. The fraction of sp³-hybridized carbons (Fsp3) is 0.471. The van der Waals surface area contributed by atoms with Gasteiger partial charge in [0.1, 0.15) is 4.21 Å². The molecule has 0 aliphatic heterocycles. The normalized spacial score (nSPS) is 13.3. The average Bonchev–Trinajstić information content (AvgIpc) is 3.26. The second kappa shape index (κ2) is 11.3. The van der Waals surface area contributed by atoms with Crippen molar-refractivity contribution in [1.82, 2.24) is 14.9 Å². The fourth-order valence-corrected chi connectivity index (χ4v) is 5.61. The van der Waals surface area contributed by atoms with Crippen molar-refractivity contribution in [2.45, 2.75) is 24.1 Å². The highest BCUT2D eigenvalue weighted by molar-refractivity contribution is 14.0. The minimum atomic E-state index is -3.37. The first-order chi connectivity index (χ1) is 12.3. The Morgan fingerprint density at radius 1 is 1.22 bits per heavy atom. The van der Waals surface area contributed by atoms with E-state index in [0.29, 0.717) is 22.6 Å². The first kappa shape index (κ1) is 24.3. The molecule has 0 spiro atoms. The van der Waals surface area contributed by atoms with Crippen molar-refractivity contribution in [3.63, 3.8) is 0 Å². The molecule has 2 heterocycles. The van der Waals surface area contributed by atoms with Crippen LogP contribution in [0.4, 0.5) is 0 Å². The summed E-state index contributed by atoms with van der Waals surface area (Å²) in [6.07, 6.45) is 1.04. The molecule has 0 saturated carbocycles. The monoisotopic (exact) mass is 542 g/mol. The molecule has 27 heavy (non-hydrogen) atoms. The SMILES string of the molecule is CN=C(NCc1ccc(S(=O)(=O)N(C)C)s1)NCC(C)Cc1cccs1.I. The molecule has 6 nitrogen and oxygen atoms in total. The molecule has 10 heteroatoms. The van der Waals surface area contributed by atoms with Crippen LogP contribution < -0.4 is 10.6 Å². The number of nitrogens with zero attached hydrogens (tertiary/aromatic N) is 2. The molecular formula is C17H27IN4O2S3. The van der Waals surface area contributed by atoms with E-state index in [1.54, 1.807) is 24.5 Å². The lowest BCUT2D eigenvalue weighted by molar-refractivity contribution is 0.523. The molecule has 0 aromatic carbocycles. The van der Waals surface area contributed by atoms with Gasteiger partial charge in [-0.05, 0) is 35.9 Å². The molecule has 2 N–H and O–H groups in total. The summed E-state index contributed by atoms with van der Waals surface area (Å²) in [5.41, 5.74) is 0. The molecule has 1 unspecified atom stereocenters. The fourth-order valence-electron chi connectivity index (χ4n) is 2.28. The van der Waals surface area contributed by atoms with Crippen LogP contribution in [0.3, 0.4) is 0 Å². The Balaban J connectivity index is 0.00000364. The molecule has 2 rings (SSSR count). The van der Waals surface area contributed by atoms with Crippen LogP contribution in [-0.4, -0.2) is 46.4 Å². The van der Waals surface area contributed by atoms with Crippen LogP contribution in [0.1, 0.15) is 16.7 Å². The Kier molecular flexibility index (Phi) is 10.2. The third-order valence-electron chi connectivity index (χ3n) is 3.77. The van der Waals surface area contributed by atoms with Gasteiger partial charge in [-0.3, -0.25) is 4.99 Å². The van der Waals surface area contributed by atoms with Crippen molar-refractivity contribution < 1.29 is 8.42 Å². The smallest absolute Gasteiger partial charge is 0.252 e. The molecule has 0 aliphatic rings. The predicted octanol–water partition coefficient (Wildman–Crippen LogP) is 3.22. The van der Waals surface area contributed by atoms with Crippen LogP contribution in [0.2, 0.25) is 0 Å². The van der Waals surface area contributed by atoms with Crippen LogP contribution in [0, 0.1) is 5.92 Å². The van der Waals surface area contributed by atoms with E-state index in [-0.39, 0.29) is 24.0 Å². The minimum absolute atomic E-state index is 0. The maximum absolute atomic E-state index is 12.1. The molecule has 0 saturated heterocycles. The topological polar surface area (TPSA) is 73.8 Å². The number of sulfonamides is 1. The van der Waals surface area contributed by atoms with Crippen molar-refractivity contribution in [3.05, 3.63) is 39.4 Å². The van der Waals surface area contributed by atoms with E-state index in [1.807, 2.05) is 6.07 Å². The number of rotatable bonds is 8. The van der Waals surface area contributed by atoms with E-state index in [4.69, 9.17) is 0 Å². The highest BCUT2D eigenvalue weighted by Gasteiger charge is 2.19. The number of guanidine groups is 1. The van der Waals surface area contributed by atoms with Gasteiger partial charge in [-0.15, -0.1) is 46.7 Å². The largest absolute Gasteiger partial charge is 0.356 e. The van der Waals surface area contributed by atoms with Crippen LogP contribution in [0.25, 0.3) is 0 Å². The number of thiophene rings is 2. The summed E-state index contributed by atoms with van der Waals surface area (Å²) in [6, 6.07) is 7.72. The zero-order chi connectivity index (χ0) is 19.2. The highest BCUT2D eigenvalue weighted by Crippen LogP contribution is 2.23. The van der Waals surface area contributed by atoms with E-state index in [2.05, 4.69) is 40.1 Å². The first-order valence-electron chi connectivity index (χ1n) is 8.31. The molecular weight excluding hydrogens is 515 g/mol. The van der Waals surface area contributed by atoms with Gasteiger partial charge >= 0.3 is 0 Å². The van der Waals surface area contributed by atoms with Crippen molar-refractivity contribution in [2.24, 2.45) is 10.9 Å². The summed E-state index contributed by atoms with van der Waals surface area (Å²) in [5.74, 6) is 1.21. The van der Waals surface area contributed by atoms with Gasteiger partial charge in [-0.1, -0.05) is 13.0 Å². The highest BCUT2D eigenvalue weighted by atomic mass is 127. The van der Waals surface area contributed by atoms with E-state index in [1.165, 1.54) is 34.6 Å². The quantitative estimate of drug-likeness (QED) is 0.305. The Morgan fingerprint density at radius 3 is 2.56 bits per heavy atom. The van der Waals surface area contributed by atoms with E-state index >= 15 is 0 Å². The molecule has 1 atom stereocenters. The average molecular weight is 543 g/mol. The molecule has 0 aliphatic carbocycles. The van der Waals surface area contributed by atoms with Gasteiger partial charge in [-0.25, -0.2) is 12.7 Å². The van der Waals surface area contributed by atoms with Gasteiger partial charge in [0.25, 0.3) is 10.0 Å². The van der Waals surface area contributed by atoms with E-state index in [9.17, 15) is 8.42 Å². The lowest BCUT2D eigenvalue weighted by atomic mass is 10.1. The summed E-state index contributed by atoms with van der Waals surface area (Å²) in [5, 5.41) is 8.67.